The molecule has 2 aliphatic heterocycles. The van der Waals surface area contributed by atoms with E-state index < -0.39 is 10.0 Å². The monoisotopic (exact) mass is 442 g/mol. The predicted molar refractivity (Wildman–Crippen MR) is 121 cm³/mol. The molecule has 0 saturated carbocycles. The summed E-state index contributed by atoms with van der Waals surface area (Å²) in [6.45, 7) is 5.25. The molecule has 2 aliphatic rings. The van der Waals surface area contributed by atoms with Crippen LogP contribution in [-0.4, -0.2) is 49.8 Å². The average molecular weight is 443 g/mol. The van der Waals surface area contributed by atoms with Crippen molar-refractivity contribution in [3.8, 4) is 0 Å². The van der Waals surface area contributed by atoms with Gasteiger partial charge in [0.1, 0.15) is 5.82 Å². The molecule has 1 N–H and O–H groups in total. The highest BCUT2D eigenvalue weighted by molar-refractivity contribution is 7.89. The Morgan fingerprint density at radius 1 is 1.00 bits per heavy atom. The molecule has 2 saturated heterocycles. The van der Waals surface area contributed by atoms with Gasteiger partial charge in [0.2, 0.25) is 10.0 Å². The molecule has 4 rings (SSSR count). The molecule has 2 fully saturated rings. The van der Waals surface area contributed by atoms with Crippen LogP contribution in [0.15, 0.2) is 41.4 Å². The second-order valence-corrected chi connectivity index (χ2v) is 10.3. The van der Waals surface area contributed by atoms with Crippen molar-refractivity contribution in [1.82, 2.24) is 14.6 Å². The molecule has 0 aliphatic carbocycles. The van der Waals surface area contributed by atoms with Crippen molar-refractivity contribution in [3.63, 3.8) is 0 Å². The number of sulfonamides is 1. The molecule has 1 aromatic heterocycles. The van der Waals surface area contributed by atoms with Crippen LogP contribution in [0.1, 0.15) is 53.6 Å². The Labute approximate surface area is 184 Å². The normalized spacial score (nSPS) is 17.6. The van der Waals surface area contributed by atoms with Crippen LogP contribution in [0.5, 0.6) is 0 Å². The molecule has 1 amide bonds. The Hall–Kier alpha value is -2.45. The van der Waals surface area contributed by atoms with Gasteiger partial charge in [0.15, 0.2) is 0 Å². The number of pyridine rings is 1. The lowest BCUT2D eigenvalue weighted by Crippen LogP contribution is -2.36. The van der Waals surface area contributed by atoms with E-state index in [2.05, 4.69) is 15.2 Å². The van der Waals surface area contributed by atoms with Crippen LogP contribution >= 0.6 is 0 Å². The second-order valence-electron chi connectivity index (χ2n) is 8.34. The van der Waals surface area contributed by atoms with Gasteiger partial charge in [-0.25, -0.2) is 13.4 Å². The van der Waals surface area contributed by atoms with E-state index in [9.17, 15) is 13.2 Å². The van der Waals surface area contributed by atoms with Crippen LogP contribution in [0.2, 0.25) is 0 Å². The Morgan fingerprint density at radius 2 is 1.71 bits per heavy atom. The third-order valence-electron chi connectivity index (χ3n) is 6.08. The summed E-state index contributed by atoms with van der Waals surface area (Å²) in [6, 6.07) is 8.80. The first-order chi connectivity index (χ1) is 14.9. The number of rotatable bonds is 6. The number of anilines is 1. The fourth-order valence-corrected chi connectivity index (χ4v) is 6.01. The van der Waals surface area contributed by atoms with Gasteiger partial charge in [0.25, 0.3) is 5.91 Å². The Bertz CT molecular complexity index is 1040. The Kier molecular flexibility index (Phi) is 6.57. The minimum Gasteiger partial charge on any atom is -0.357 e. The summed E-state index contributed by atoms with van der Waals surface area (Å²) in [7, 11) is -3.59. The molecule has 0 unspecified atom stereocenters. The van der Waals surface area contributed by atoms with Gasteiger partial charge in [-0.1, -0.05) is 12.5 Å². The molecule has 3 heterocycles. The van der Waals surface area contributed by atoms with E-state index in [1.165, 1.54) is 23.2 Å². The third kappa shape index (κ3) is 4.91. The lowest BCUT2D eigenvalue weighted by molar-refractivity contribution is 0.0950. The van der Waals surface area contributed by atoms with Crippen molar-refractivity contribution in [1.29, 1.82) is 0 Å². The minimum atomic E-state index is -3.59. The van der Waals surface area contributed by atoms with E-state index in [1.54, 1.807) is 25.3 Å². The molecule has 31 heavy (non-hydrogen) atoms. The van der Waals surface area contributed by atoms with Gasteiger partial charge in [0.05, 0.1) is 4.90 Å². The van der Waals surface area contributed by atoms with Crippen molar-refractivity contribution in [2.75, 3.05) is 31.1 Å². The van der Waals surface area contributed by atoms with Gasteiger partial charge < -0.3 is 10.2 Å². The third-order valence-corrected chi connectivity index (χ3v) is 8.12. The van der Waals surface area contributed by atoms with E-state index in [0.717, 1.165) is 43.7 Å². The molecule has 0 bridgehead atoms. The second kappa shape index (κ2) is 9.36. The number of piperidine rings is 1. The zero-order valence-corrected chi connectivity index (χ0v) is 18.8. The predicted octanol–water partition coefficient (Wildman–Crippen LogP) is 3.09. The molecule has 7 nitrogen and oxygen atoms in total. The highest BCUT2D eigenvalue weighted by Gasteiger charge is 2.28. The summed E-state index contributed by atoms with van der Waals surface area (Å²) in [4.78, 5) is 19.7. The standard InChI is InChI=1S/C23H30N4O3S/c1-18-7-8-20(16-21(18)31(29,30)27-13-3-2-4-14-27)23(28)25-17-19-9-10-24-22(15-19)26-11-5-6-12-26/h7-10,15-16H,2-6,11-14,17H2,1H3,(H,25,28). The highest BCUT2D eigenvalue weighted by Crippen LogP contribution is 2.24. The first-order valence-electron chi connectivity index (χ1n) is 11.0. The summed E-state index contributed by atoms with van der Waals surface area (Å²) in [5.74, 6) is 0.657. The number of nitrogens with one attached hydrogen (secondary N) is 1. The van der Waals surface area contributed by atoms with Crippen LogP contribution in [0, 0.1) is 6.92 Å². The summed E-state index contributed by atoms with van der Waals surface area (Å²) in [5.41, 5.74) is 1.99. The molecule has 166 valence electrons. The number of aromatic nitrogens is 1. The fraction of sp³-hybridized carbons (Fsp3) is 0.478. The molecular weight excluding hydrogens is 412 g/mol. The fourth-order valence-electron chi connectivity index (χ4n) is 4.24. The first kappa shape index (κ1) is 21.8. The SMILES string of the molecule is Cc1ccc(C(=O)NCc2ccnc(N3CCCC3)c2)cc1S(=O)(=O)N1CCCCC1. The number of hydrogen-bond acceptors (Lipinski definition) is 5. The average Bonchev–Trinajstić information content (AvgIpc) is 3.33. The summed E-state index contributed by atoms with van der Waals surface area (Å²) >= 11 is 0. The largest absolute Gasteiger partial charge is 0.357 e. The van der Waals surface area contributed by atoms with Crippen LogP contribution in [0.25, 0.3) is 0 Å². The van der Waals surface area contributed by atoms with E-state index in [0.29, 0.717) is 30.8 Å². The van der Waals surface area contributed by atoms with Crippen molar-refractivity contribution in [2.45, 2.75) is 50.5 Å². The number of amides is 1. The quantitative estimate of drug-likeness (QED) is 0.743. The molecule has 0 atom stereocenters. The number of nitrogens with zero attached hydrogens (tertiary/aromatic N) is 3. The zero-order valence-electron chi connectivity index (χ0n) is 18.0. The van der Waals surface area contributed by atoms with Crippen LogP contribution in [-0.2, 0) is 16.6 Å². The minimum absolute atomic E-state index is 0.224. The van der Waals surface area contributed by atoms with E-state index in [1.807, 2.05) is 12.1 Å². The maximum atomic E-state index is 13.1. The number of aryl methyl sites for hydroxylation is 1. The lowest BCUT2D eigenvalue weighted by Gasteiger charge is -2.26. The molecule has 8 heteroatoms. The molecule has 1 aromatic carbocycles. The summed E-state index contributed by atoms with van der Waals surface area (Å²) in [6.07, 6.45) is 6.94. The summed E-state index contributed by atoms with van der Waals surface area (Å²) in [5, 5.41) is 2.92. The molecule has 2 aromatic rings. The summed E-state index contributed by atoms with van der Waals surface area (Å²) < 4.78 is 27.8. The zero-order chi connectivity index (χ0) is 21.8. The topological polar surface area (TPSA) is 82.6 Å². The Morgan fingerprint density at radius 3 is 2.45 bits per heavy atom. The van der Waals surface area contributed by atoms with Crippen LogP contribution in [0.4, 0.5) is 5.82 Å². The van der Waals surface area contributed by atoms with Gasteiger partial charge >= 0.3 is 0 Å². The van der Waals surface area contributed by atoms with Gasteiger partial charge in [0, 0.05) is 44.5 Å². The van der Waals surface area contributed by atoms with Gasteiger partial charge in [-0.15, -0.1) is 0 Å². The van der Waals surface area contributed by atoms with Crippen LogP contribution in [0.3, 0.4) is 0 Å². The number of carbonyl (C=O) groups is 1. The molecule has 0 spiro atoms. The molecule has 0 radical (unpaired) electrons. The number of hydrogen-bond donors (Lipinski definition) is 1. The van der Waals surface area contributed by atoms with Crippen molar-refractivity contribution < 1.29 is 13.2 Å². The van der Waals surface area contributed by atoms with Crippen molar-refractivity contribution in [3.05, 3.63) is 53.2 Å². The Balaban J connectivity index is 1.47. The molecular formula is C23H30N4O3S. The van der Waals surface area contributed by atoms with E-state index >= 15 is 0 Å². The maximum Gasteiger partial charge on any atom is 0.251 e. The first-order valence-corrected chi connectivity index (χ1v) is 12.5. The van der Waals surface area contributed by atoms with Gasteiger partial charge in [-0.05, 0) is 68.0 Å². The van der Waals surface area contributed by atoms with Crippen molar-refractivity contribution in [2.24, 2.45) is 0 Å². The maximum absolute atomic E-state index is 13.1. The van der Waals surface area contributed by atoms with E-state index in [-0.39, 0.29) is 10.8 Å². The smallest absolute Gasteiger partial charge is 0.251 e. The van der Waals surface area contributed by atoms with Gasteiger partial charge in [-0.3, -0.25) is 4.79 Å². The lowest BCUT2D eigenvalue weighted by atomic mass is 10.1. The number of carbonyl (C=O) groups excluding carboxylic acids is 1. The van der Waals surface area contributed by atoms with Crippen LogP contribution < -0.4 is 10.2 Å². The van der Waals surface area contributed by atoms with E-state index in [4.69, 9.17) is 0 Å². The highest BCUT2D eigenvalue weighted by atomic mass is 32.2. The van der Waals surface area contributed by atoms with Crippen molar-refractivity contribution >= 4 is 21.7 Å². The number of benzene rings is 1. The van der Waals surface area contributed by atoms with Gasteiger partial charge in [-0.2, -0.15) is 4.31 Å².